The fourth-order valence-electron chi connectivity index (χ4n) is 3.74. The highest BCUT2D eigenvalue weighted by Crippen LogP contribution is 2.41. The minimum Gasteiger partial charge on any atom is -0.395 e. The van der Waals surface area contributed by atoms with Gasteiger partial charge in [-0.15, -0.1) is 11.3 Å². The van der Waals surface area contributed by atoms with Crippen LogP contribution in [0.15, 0.2) is 0 Å². The summed E-state index contributed by atoms with van der Waals surface area (Å²) >= 11 is 1.40. The Kier molecular flexibility index (Phi) is 6.36. The smallest absolute Gasteiger partial charge is 0.257 e. The number of rotatable bonds is 6. The minimum atomic E-state index is -0.197. The van der Waals surface area contributed by atoms with Gasteiger partial charge in [-0.1, -0.05) is 13.8 Å². The molecule has 0 aliphatic carbocycles. The van der Waals surface area contributed by atoms with Gasteiger partial charge in [-0.3, -0.25) is 24.2 Å². The number of amides is 3. The highest BCUT2D eigenvalue weighted by molar-refractivity contribution is 7.17. The minimum absolute atomic E-state index is 0.00346. The average Bonchev–Trinajstić information content (AvgIpc) is 3.03. The quantitative estimate of drug-likeness (QED) is 0.736. The number of anilines is 1. The van der Waals surface area contributed by atoms with Crippen molar-refractivity contribution in [3.63, 3.8) is 0 Å². The highest BCUT2D eigenvalue weighted by atomic mass is 32.1. The molecule has 2 aliphatic rings. The van der Waals surface area contributed by atoms with Crippen LogP contribution in [0.3, 0.4) is 0 Å². The number of β-amino-alcohol motifs (C(OH)–C–C–N with tert-alkyl or cyclic N) is 1. The second-order valence-corrected chi connectivity index (χ2v) is 8.22. The zero-order chi connectivity index (χ0) is 20.4. The van der Waals surface area contributed by atoms with Crippen molar-refractivity contribution < 1.29 is 19.5 Å². The number of thiophene rings is 1. The number of carbonyl (C=O) groups is 3. The molecule has 0 saturated heterocycles. The van der Waals surface area contributed by atoms with E-state index in [0.29, 0.717) is 36.6 Å². The van der Waals surface area contributed by atoms with E-state index in [-0.39, 0.29) is 37.4 Å². The molecule has 0 fully saturated rings. The van der Waals surface area contributed by atoms with Gasteiger partial charge < -0.3 is 14.9 Å². The molecule has 9 heteroatoms. The molecule has 8 nitrogen and oxygen atoms in total. The standard InChI is InChI=1S/C19H28N4O4S/c1-4-21(5-2)12-15(25)22-7-6-13-14(10-22)28-19-17(13)18(27)20(3)11-16(26)23(19)8-9-24/h24H,4-12H2,1-3H3. The van der Waals surface area contributed by atoms with Crippen LogP contribution in [0.5, 0.6) is 0 Å². The molecule has 0 bridgehead atoms. The van der Waals surface area contributed by atoms with Crippen LogP contribution in [0, 0.1) is 0 Å². The molecule has 2 aliphatic heterocycles. The Morgan fingerprint density at radius 2 is 1.93 bits per heavy atom. The van der Waals surface area contributed by atoms with Crippen molar-refractivity contribution in [2.75, 3.05) is 57.8 Å². The Morgan fingerprint density at radius 3 is 2.57 bits per heavy atom. The highest BCUT2D eigenvalue weighted by Gasteiger charge is 2.37. The fraction of sp³-hybridized carbons (Fsp3) is 0.632. The number of hydrogen-bond donors (Lipinski definition) is 1. The van der Waals surface area contributed by atoms with Gasteiger partial charge in [-0.25, -0.2) is 0 Å². The predicted octanol–water partition coefficient (Wildman–Crippen LogP) is 0.386. The first-order chi connectivity index (χ1) is 13.4. The van der Waals surface area contributed by atoms with Crippen molar-refractivity contribution in [2.45, 2.75) is 26.8 Å². The van der Waals surface area contributed by atoms with Crippen LogP contribution < -0.4 is 4.90 Å². The van der Waals surface area contributed by atoms with E-state index in [1.165, 1.54) is 21.1 Å². The molecule has 3 rings (SSSR count). The van der Waals surface area contributed by atoms with Gasteiger partial charge in [0.25, 0.3) is 5.91 Å². The maximum atomic E-state index is 12.9. The van der Waals surface area contributed by atoms with Crippen molar-refractivity contribution in [1.82, 2.24) is 14.7 Å². The maximum absolute atomic E-state index is 12.9. The molecule has 1 N–H and O–H groups in total. The van der Waals surface area contributed by atoms with Gasteiger partial charge in [0, 0.05) is 25.0 Å². The zero-order valence-corrected chi connectivity index (χ0v) is 17.5. The molecule has 1 aromatic rings. The summed E-state index contributed by atoms with van der Waals surface area (Å²) in [5.41, 5.74) is 1.51. The molecule has 0 spiro atoms. The van der Waals surface area contributed by atoms with Crippen molar-refractivity contribution in [3.05, 3.63) is 16.0 Å². The van der Waals surface area contributed by atoms with Crippen LogP contribution in [-0.2, 0) is 22.6 Å². The van der Waals surface area contributed by atoms with E-state index in [9.17, 15) is 19.5 Å². The lowest BCUT2D eigenvalue weighted by atomic mass is 10.0. The van der Waals surface area contributed by atoms with E-state index in [1.54, 1.807) is 7.05 Å². The number of carbonyl (C=O) groups excluding carboxylic acids is 3. The average molecular weight is 409 g/mol. The van der Waals surface area contributed by atoms with E-state index < -0.39 is 0 Å². The van der Waals surface area contributed by atoms with Gasteiger partial charge in [0.1, 0.15) is 11.5 Å². The summed E-state index contributed by atoms with van der Waals surface area (Å²) < 4.78 is 0. The maximum Gasteiger partial charge on any atom is 0.257 e. The van der Waals surface area contributed by atoms with E-state index in [4.69, 9.17) is 0 Å². The molecule has 1 aromatic heterocycles. The Hall–Kier alpha value is -1.97. The molecule has 0 radical (unpaired) electrons. The summed E-state index contributed by atoms with van der Waals surface area (Å²) in [6, 6.07) is 0. The topological polar surface area (TPSA) is 84.4 Å². The molecular weight excluding hydrogens is 380 g/mol. The van der Waals surface area contributed by atoms with E-state index >= 15 is 0 Å². The first kappa shape index (κ1) is 20.8. The third-order valence-electron chi connectivity index (χ3n) is 5.45. The third-order valence-corrected chi connectivity index (χ3v) is 6.69. The number of likely N-dealkylation sites (N-methyl/N-ethyl adjacent to an activating group) is 2. The third kappa shape index (κ3) is 3.78. The molecule has 154 valence electrons. The van der Waals surface area contributed by atoms with Crippen molar-refractivity contribution >= 4 is 34.1 Å². The van der Waals surface area contributed by atoms with Crippen molar-refractivity contribution in [2.24, 2.45) is 0 Å². The van der Waals surface area contributed by atoms with Gasteiger partial charge >= 0.3 is 0 Å². The van der Waals surface area contributed by atoms with Crippen LogP contribution in [0.1, 0.15) is 34.6 Å². The summed E-state index contributed by atoms with van der Waals surface area (Å²) in [7, 11) is 1.62. The monoisotopic (exact) mass is 408 g/mol. The van der Waals surface area contributed by atoms with Crippen LogP contribution >= 0.6 is 11.3 Å². The van der Waals surface area contributed by atoms with Gasteiger partial charge in [-0.05, 0) is 25.1 Å². The Bertz CT molecular complexity index is 774. The molecule has 0 saturated carbocycles. The fourth-order valence-corrected chi connectivity index (χ4v) is 5.14. The van der Waals surface area contributed by atoms with Crippen LogP contribution in [-0.4, -0.2) is 90.5 Å². The summed E-state index contributed by atoms with van der Waals surface area (Å²) in [4.78, 5) is 46.0. The summed E-state index contributed by atoms with van der Waals surface area (Å²) in [5, 5.41) is 10.00. The largest absolute Gasteiger partial charge is 0.395 e. The second kappa shape index (κ2) is 8.59. The second-order valence-electron chi connectivity index (χ2n) is 7.14. The van der Waals surface area contributed by atoms with Gasteiger partial charge in [0.15, 0.2) is 0 Å². The van der Waals surface area contributed by atoms with Crippen molar-refractivity contribution in [3.8, 4) is 0 Å². The van der Waals surface area contributed by atoms with E-state index in [2.05, 4.69) is 4.90 Å². The lowest BCUT2D eigenvalue weighted by Gasteiger charge is -2.29. The first-order valence-electron chi connectivity index (χ1n) is 9.72. The lowest BCUT2D eigenvalue weighted by molar-refractivity contribution is -0.133. The summed E-state index contributed by atoms with van der Waals surface area (Å²) in [6.07, 6.45) is 0.603. The van der Waals surface area contributed by atoms with Crippen LogP contribution in [0.25, 0.3) is 0 Å². The number of hydrogen-bond acceptors (Lipinski definition) is 6. The Balaban J connectivity index is 1.90. The molecular formula is C19H28N4O4S. The predicted molar refractivity (Wildman–Crippen MR) is 108 cm³/mol. The number of aliphatic hydroxyl groups excluding tert-OH is 1. The van der Waals surface area contributed by atoms with Crippen LogP contribution in [0.2, 0.25) is 0 Å². The Labute approximate surface area is 169 Å². The van der Waals surface area contributed by atoms with E-state index in [0.717, 1.165) is 23.5 Å². The molecule has 0 unspecified atom stereocenters. The molecule has 0 aromatic carbocycles. The molecule has 3 amide bonds. The molecule has 28 heavy (non-hydrogen) atoms. The van der Waals surface area contributed by atoms with Crippen LogP contribution in [0.4, 0.5) is 5.00 Å². The number of fused-ring (bicyclic) bond motifs is 3. The SMILES string of the molecule is CCN(CC)CC(=O)N1CCc2c(sc3c2C(=O)N(C)CC(=O)N3CCO)C1. The van der Waals surface area contributed by atoms with E-state index in [1.807, 2.05) is 18.7 Å². The summed E-state index contributed by atoms with van der Waals surface area (Å²) in [5.74, 6) is -0.273. The normalized spacial score (nSPS) is 17.1. The van der Waals surface area contributed by atoms with Gasteiger partial charge in [-0.2, -0.15) is 0 Å². The molecule has 0 atom stereocenters. The summed E-state index contributed by atoms with van der Waals surface area (Å²) in [6.45, 7) is 7.16. The number of nitrogens with zero attached hydrogens (tertiary/aromatic N) is 4. The molecule has 3 heterocycles. The van der Waals surface area contributed by atoms with Gasteiger partial charge in [0.2, 0.25) is 11.8 Å². The lowest BCUT2D eigenvalue weighted by Crippen LogP contribution is -2.42. The van der Waals surface area contributed by atoms with Crippen molar-refractivity contribution in [1.29, 1.82) is 0 Å². The first-order valence-corrected chi connectivity index (χ1v) is 10.5. The van der Waals surface area contributed by atoms with Gasteiger partial charge in [0.05, 0.1) is 25.3 Å². The zero-order valence-electron chi connectivity index (χ0n) is 16.7. The number of aliphatic hydroxyl groups is 1. The Morgan fingerprint density at radius 1 is 1.21 bits per heavy atom.